The fourth-order valence-corrected chi connectivity index (χ4v) is 4.07. The summed E-state index contributed by atoms with van der Waals surface area (Å²) in [5.74, 6) is 1.57. The van der Waals surface area contributed by atoms with Gasteiger partial charge in [-0.15, -0.1) is 0 Å². The first kappa shape index (κ1) is 15.6. The standard InChI is InChI=1S/C22H22N2O2/c1-3-9-17-15(7-1)13-25-21(17)23-19-11-5-6-12-20(19)24-22-18-10-4-2-8-16(18)14-26-22/h1-4,7-10,19-20H,5-6,11-14H2/b23-21-,24-22-. The second-order valence-electron chi connectivity index (χ2n) is 7.18. The molecular formula is C22H22N2O2. The Hall–Kier alpha value is -2.62. The summed E-state index contributed by atoms with van der Waals surface area (Å²) in [5, 5.41) is 0. The molecule has 0 bridgehead atoms. The van der Waals surface area contributed by atoms with Crippen LogP contribution in [0.1, 0.15) is 47.9 Å². The molecule has 1 fully saturated rings. The van der Waals surface area contributed by atoms with Crippen LogP contribution in [0.4, 0.5) is 0 Å². The summed E-state index contributed by atoms with van der Waals surface area (Å²) >= 11 is 0. The van der Waals surface area contributed by atoms with Crippen molar-refractivity contribution < 1.29 is 9.47 Å². The van der Waals surface area contributed by atoms with Crippen LogP contribution in [0.5, 0.6) is 0 Å². The highest BCUT2D eigenvalue weighted by molar-refractivity contribution is 5.98. The van der Waals surface area contributed by atoms with Gasteiger partial charge in [0, 0.05) is 22.3 Å². The number of hydrogen-bond donors (Lipinski definition) is 0. The zero-order valence-electron chi connectivity index (χ0n) is 14.7. The Kier molecular flexibility index (Phi) is 3.96. The Morgan fingerprint density at radius 2 is 1.12 bits per heavy atom. The van der Waals surface area contributed by atoms with Gasteiger partial charge in [0.1, 0.15) is 13.2 Å². The van der Waals surface area contributed by atoms with Crippen LogP contribution in [0, 0.1) is 0 Å². The molecule has 2 atom stereocenters. The smallest absolute Gasteiger partial charge is 0.217 e. The third-order valence-corrected chi connectivity index (χ3v) is 5.48. The lowest BCUT2D eigenvalue weighted by Gasteiger charge is -2.26. The lowest BCUT2D eigenvalue weighted by Crippen LogP contribution is -2.29. The van der Waals surface area contributed by atoms with Gasteiger partial charge in [-0.05, 0) is 25.0 Å². The third-order valence-electron chi connectivity index (χ3n) is 5.48. The Labute approximate surface area is 153 Å². The van der Waals surface area contributed by atoms with Crippen LogP contribution in [0.25, 0.3) is 0 Å². The highest BCUT2D eigenvalue weighted by Gasteiger charge is 2.29. The summed E-state index contributed by atoms with van der Waals surface area (Å²) in [4.78, 5) is 9.98. The topological polar surface area (TPSA) is 43.2 Å². The van der Waals surface area contributed by atoms with Crippen LogP contribution in [-0.4, -0.2) is 23.9 Å². The summed E-state index contributed by atoms with van der Waals surface area (Å²) in [5.41, 5.74) is 4.70. The summed E-state index contributed by atoms with van der Waals surface area (Å²) in [6.45, 7) is 1.24. The molecule has 0 radical (unpaired) electrons. The Balaban J connectivity index is 1.44. The minimum atomic E-state index is 0.161. The number of rotatable bonds is 2. The molecule has 2 heterocycles. The molecule has 0 aromatic heterocycles. The van der Waals surface area contributed by atoms with Crippen LogP contribution in [-0.2, 0) is 22.7 Å². The molecule has 3 aliphatic rings. The Morgan fingerprint density at radius 3 is 1.62 bits per heavy atom. The van der Waals surface area contributed by atoms with Gasteiger partial charge >= 0.3 is 0 Å². The van der Waals surface area contributed by atoms with Crippen molar-refractivity contribution in [2.24, 2.45) is 9.98 Å². The van der Waals surface area contributed by atoms with Crippen LogP contribution >= 0.6 is 0 Å². The van der Waals surface area contributed by atoms with Gasteiger partial charge in [-0.25, -0.2) is 9.98 Å². The van der Waals surface area contributed by atoms with Crippen LogP contribution in [0.2, 0.25) is 0 Å². The largest absolute Gasteiger partial charge is 0.473 e. The Bertz CT molecular complexity index is 814. The van der Waals surface area contributed by atoms with Gasteiger partial charge in [-0.3, -0.25) is 0 Å². The van der Waals surface area contributed by atoms with E-state index in [1.807, 2.05) is 12.1 Å². The third kappa shape index (κ3) is 2.79. The maximum Gasteiger partial charge on any atom is 0.217 e. The van der Waals surface area contributed by atoms with Crippen molar-refractivity contribution in [3.8, 4) is 0 Å². The average molecular weight is 346 g/mol. The van der Waals surface area contributed by atoms with E-state index in [0.717, 1.165) is 35.8 Å². The molecule has 2 aliphatic heterocycles. The molecule has 1 saturated carbocycles. The van der Waals surface area contributed by atoms with E-state index >= 15 is 0 Å². The van der Waals surface area contributed by atoms with Gasteiger partial charge in [0.15, 0.2) is 0 Å². The van der Waals surface area contributed by atoms with Crippen molar-refractivity contribution in [1.29, 1.82) is 0 Å². The Morgan fingerprint density at radius 1 is 0.654 bits per heavy atom. The minimum absolute atomic E-state index is 0.161. The first-order chi connectivity index (χ1) is 12.9. The van der Waals surface area contributed by atoms with Gasteiger partial charge in [0.2, 0.25) is 11.8 Å². The van der Waals surface area contributed by atoms with Gasteiger partial charge < -0.3 is 9.47 Å². The molecule has 4 heteroatoms. The summed E-state index contributed by atoms with van der Waals surface area (Å²) in [7, 11) is 0. The molecule has 4 nitrogen and oxygen atoms in total. The highest BCUT2D eigenvalue weighted by Crippen LogP contribution is 2.29. The van der Waals surface area contributed by atoms with Crippen LogP contribution in [0.3, 0.4) is 0 Å². The zero-order chi connectivity index (χ0) is 17.3. The molecule has 0 spiro atoms. The molecular weight excluding hydrogens is 324 g/mol. The number of aliphatic imine (C=N–C) groups is 2. The number of hydrogen-bond acceptors (Lipinski definition) is 4. The quantitative estimate of drug-likeness (QED) is 0.816. The maximum atomic E-state index is 5.87. The van der Waals surface area contributed by atoms with Gasteiger partial charge in [0.25, 0.3) is 0 Å². The first-order valence-corrected chi connectivity index (χ1v) is 9.46. The van der Waals surface area contributed by atoms with E-state index in [1.165, 1.54) is 24.0 Å². The molecule has 5 rings (SSSR count). The molecule has 1 aliphatic carbocycles. The summed E-state index contributed by atoms with van der Waals surface area (Å²) in [6.07, 6.45) is 4.50. The van der Waals surface area contributed by atoms with E-state index in [9.17, 15) is 0 Å². The van der Waals surface area contributed by atoms with Crippen molar-refractivity contribution in [1.82, 2.24) is 0 Å². The number of ether oxygens (including phenoxy) is 2. The van der Waals surface area contributed by atoms with E-state index in [0.29, 0.717) is 13.2 Å². The summed E-state index contributed by atoms with van der Waals surface area (Å²) in [6, 6.07) is 16.9. The lowest BCUT2D eigenvalue weighted by atomic mass is 9.91. The van der Waals surface area contributed by atoms with E-state index in [-0.39, 0.29) is 12.1 Å². The molecule has 2 unspecified atom stereocenters. The fourth-order valence-electron chi connectivity index (χ4n) is 4.07. The predicted octanol–water partition coefficient (Wildman–Crippen LogP) is 4.25. The predicted molar refractivity (Wildman–Crippen MR) is 102 cm³/mol. The second kappa shape index (κ2) is 6.60. The van der Waals surface area contributed by atoms with Gasteiger partial charge in [0.05, 0.1) is 12.1 Å². The minimum Gasteiger partial charge on any atom is -0.473 e. The molecule has 2 aromatic carbocycles. The normalized spacial score (nSPS) is 27.1. The second-order valence-corrected chi connectivity index (χ2v) is 7.18. The van der Waals surface area contributed by atoms with Gasteiger partial charge in [-0.1, -0.05) is 49.2 Å². The SMILES string of the molecule is c1ccc2c(c1)CO/C2=N\C1CCCCC1/N=C1\OCc2ccccc21. The van der Waals surface area contributed by atoms with Crippen molar-refractivity contribution in [3.63, 3.8) is 0 Å². The monoisotopic (exact) mass is 346 g/mol. The lowest BCUT2D eigenvalue weighted by molar-refractivity contribution is 0.295. The number of fused-ring (bicyclic) bond motifs is 2. The average Bonchev–Trinajstić information content (AvgIpc) is 3.28. The van der Waals surface area contributed by atoms with E-state index in [1.54, 1.807) is 0 Å². The van der Waals surface area contributed by atoms with E-state index in [4.69, 9.17) is 19.5 Å². The van der Waals surface area contributed by atoms with E-state index < -0.39 is 0 Å². The van der Waals surface area contributed by atoms with Crippen LogP contribution in [0.15, 0.2) is 58.5 Å². The van der Waals surface area contributed by atoms with Crippen molar-refractivity contribution in [2.75, 3.05) is 0 Å². The highest BCUT2D eigenvalue weighted by atomic mass is 16.5. The molecule has 0 saturated heterocycles. The molecule has 0 N–H and O–H groups in total. The van der Waals surface area contributed by atoms with Crippen molar-refractivity contribution in [3.05, 3.63) is 70.8 Å². The van der Waals surface area contributed by atoms with Gasteiger partial charge in [-0.2, -0.15) is 0 Å². The molecule has 26 heavy (non-hydrogen) atoms. The molecule has 2 aromatic rings. The summed E-state index contributed by atoms with van der Waals surface area (Å²) < 4.78 is 11.7. The number of benzene rings is 2. The molecule has 0 amide bonds. The van der Waals surface area contributed by atoms with Crippen LogP contribution < -0.4 is 0 Å². The number of nitrogens with zero attached hydrogens (tertiary/aromatic N) is 2. The maximum absolute atomic E-state index is 5.87. The van der Waals surface area contributed by atoms with Crippen molar-refractivity contribution >= 4 is 11.8 Å². The van der Waals surface area contributed by atoms with E-state index in [2.05, 4.69) is 36.4 Å². The molecule has 132 valence electrons. The zero-order valence-corrected chi connectivity index (χ0v) is 14.7. The first-order valence-electron chi connectivity index (χ1n) is 9.46. The fraction of sp³-hybridized carbons (Fsp3) is 0.364. The van der Waals surface area contributed by atoms with Crippen molar-refractivity contribution in [2.45, 2.75) is 51.0 Å².